The van der Waals surface area contributed by atoms with E-state index in [0.717, 1.165) is 18.5 Å². The molecule has 0 saturated carbocycles. The molecule has 6 nitrogen and oxygen atoms in total. The molecule has 3 amide bonds. The third kappa shape index (κ3) is 5.66. The van der Waals surface area contributed by atoms with E-state index in [1.807, 2.05) is 0 Å². The molecule has 0 radical (unpaired) electrons. The van der Waals surface area contributed by atoms with E-state index in [1.54, 1.807) is 47.4 Å². The minimum Gasteiger partial charge on any atom is -0.331 e. The summed E-state index contributed by atoms with van der Waals surface area (Å²) >= 11 is 0. The van der Waals surface area contributed by atoms with Crippen molar-refractivity contribution < 1.29 is 27.6 Å². The monoisotopic (exact) mass is 447 g/mol. The molecule has 1 saturated heterocycles. The van der Waals surface area contributed by atoms with Gasteiger partial charge in [0.05, 0.1) is 0 Å². The Labute approximate surface area is 184 Å². The van der Waals surface area contributed by atoms with Crippen LogP contribution in [0.1, 0.15) is 42.1 Å². The Balaban J connectivity index is 1.66. The van der Waals surface area contributed by atoms with Crippen molar-refractivity contribution in [2.45, 2.75) is 38.9 Å². The third-order valence-corrected chi connectivity index (χ3v) is 5.23. The van der Waals surface area contributed by atoms with Crippen LogP contribution >= 0.6 is 0 Å². The van der Waals surface area contributed by atoms with Crippen molar-refractivity contribution in [1.29, 1.82) is 0 Å². The maximum absolute atomic E-state index is 12.7. The maximum Gasteiger partial charge on any atom is 0.471 e. The predicted molar refractivity (Wildman–Crippen MR) is 114 cm³/mol. The van der Waals surface area contributed by atoms with Gasteiger partial charge in [0.25, 0.3) is 5.91 Å². The van der Waals surface area contributed by atoms with Gasteiger partial charge in [0.1, 0.15) is 0 Å². The molecule has 2 aromatic carbocycles. The van der Waals surface area contributed by atoms with E-state index in [1.165, 1.54) is 13.0 Å². The fourth-order valence-electron chi connectivity index (χ4n) is 3.55. The molecule has 0 atom stereocenters. The Morgan fingerprint density at radius 2 is 1.81 bits per heavy atom. The van der Waals surface area contributed by atoms with E-state index in [-0.39, 0.29) is 19.0 Å². The van der Waals surface area contributed by atoms with Gasteiger partial charge in [-0.05, 0) is 61.7 Å². The van der Waals surface area contributed by atoms with E-state index in [2.05, 4.69) is 5.32 Å². The highest BCUT2D eigenvalue weighted by atomic mass is 19.4. The second kappa shape index (κ2) is 9.84. The Morgan fingerprint density at radius 3 is 2.44 bits per heavy atom. The second-order valence-corrected chi connectivity index (χ2v) is 7.52. The van der Waals surface area contributed by atoms with E-state index in [0.29, 0.717) is 34.7 Å². The first-order valence-electron chi connectivity index (χ1n) is 10.4. The van der Waals surface area contributed by atoms with Crippen molar-refractivity contribution >= 4 is 29.1 Å². The fourth-order valence-corrected chi connectivity index (χ4v) is 3.55. The summed E-state index contributed by atoms with van der Waals surface area (Å²) in [6.45, 7) is 1.80. The summed E-state index contributed by atoms with van der Waals surface area (Å²) in [5, 5.41) is 2.71. The molecule has 0 aromatic heterocycles. The van der Waals surface area contributed by atoms with Crippen LogP contribution < -0.4 is 10.2 Å². The number of piperidine rings is 1. The predicted octanol–water partition coefficient (Wildman–Crippen LogP) is 4.37. The zero-order valence-electron chi connectivity index (χ0n) is 17.6. The first-order valence-corrected chi connectivity index (χ1v) is 10.4. The largest absolute Gasteiger partial charge is 0.471 e. The van der Waals surface area contributed by atoms with Crippen molar-refractivity contribution in [2.24, 2.45) is 0 Å². The van der Waals surface area contributed by atoms with E-state index in [4.69, 9.17) is 0 Å². The SMILES string of the molecule is CCN(Cc1cccc(NC(=O)c2ccc(N3CCCCC3=O)cc2)c1)C(=O)C(F)(F)F. The van der Waals surface area contributed by atoms with Crippen molar-refractivity contribution in [2.75, 3.05) is 23.3 Å². The van der Waals surface area contributed by atoms with Crippen molar-refractivity contribution in [1.82, 2.24) is 4.90 Å². The smallest absolute Gasteiger partial charge is 0.331 e. The summed E-state index contributed by atoms with van der Waals surface area (Å²) in [5.41, 5.74) is 1.98. The number of carbonyl (C=O) groups excluding carboxylic acids is 3. The van der Waals surface area contributed by atoms with Crippen molar-refractivity contribution in [3.05, 3.63) is 59.7 Å². The molecule has 32 heavy (non-hydrogen) atoms. The van der Waals surface area contributed by atoms with Gasteiger partial charge >= 0.3 is 12.1 Å². The lowest BCUT2D eigenvalue weighted by Crippen LogP contribution is -2.40. The summed E-state index contributed by atoms with van der Waals surface area (Å²) < 4.78 is 38.2. The van der Waals surface area contributed by atoms with Gasteiger partial charge in [-0.15, -0.1) is 0 Å². The fraction of sp³-hybridized carbons (Fsp3) is 0.348. The molecule has 9 heteroatoms. The summed E-state index contributed by atoms with van der Waals surface area (Å²) in [5.74, 6) is -2.23. The lowest BCUT2D eigenvalue weighted by Gasteiger charge is -2.26. The standard InChI is InChI=1S/C23H24F3N3O3/c1-2-28(22(32)23(24,25)26)15-16-6-5-7-18(14-16)27-21(31)17-9-11-19(12-10-17)29-13-4-3-8-20(29)30/h5-7,9-12,14H,2-4,8,13,15H2,1H3,(H,27,31). The van der Waals surface area contributed by atoms with Gasteiger partial charge in [-0.3, -0.25) is 14.4 Å². The Morgan fingerprint density at radius 1 is 1.09 bits per heavy atom. The van der Waals surface area contributed by atoms with Crippen LogP contribution in [0.5, 0.6) is 0 Å². The Kier molecular flexibility index (Phi) is 7.17. The molecule has 0 bridgehead atoms. The van der Waals surface area contributed by atoms with E-state index >= 15 is 0 Å². The molecule has 1 N–H and O–H groups in total. The highest BCUT2D eigenvalue weighted by molar-refractivity contribution is 6.04. The highest BCUT2D eigenvalue weighted by Crippen LogP contribution is 2.23. The Bertz CT molecular complexity index is 990. The van der Waals surface area contributed by atoms with Gasteiger partial charge in [0.15, 0.2) is 0 Å². The van der Waals surface area contributed by atoms with Crippen LogP contribution in [0.4, 0.5) is 24.5 Å². The first kappa shape index (κ1) is 23.3. The normalized spacial score (nSPS) is 14.2. The van der Waals surface area contributed by atoms with Gasteiger partial charge < -0.3 is 15.1 Å². The summed E-state index contributed by atoms with van der Waals surface area (Å²) in [7, 11) is 0. The Hall–Kier alpha value is -3.36. The maximum atomic E-state index is 12.7. The van der Waals surface area contributed by atoms with Crippen molar-refractivity contribution in [3.8, 4) is 0 Å². The number of benzene rings is 2. The number of anilines is 2. The number of carbonyl (C=O) groups is 3. The first-order chi connectivity index (χ1) is 15.2. The molecule has 0 spiro atoms. The number of hydrogen-bond donors (Lipinski definition) is 1. The van der Waals surface area contributed by atoms with Crippen LogP contribution in [-0.2, 0) is 16.1 Å². The molecule has 1 heterocycles. The van der Waals surface area contributed by atoms with Crippen LogP contribution in [0.2, 0.25) is 0 Å². The minimum atomic E-state index is -4.94. The number of halogens is 3. The molecule has 1 aliphatic heterocycles. The molecule has 1 aliphatic rings. The van der Waals surface area contributed by atoms with Crippen LogP contribution in [0.3, 0.4) is 0 Å². The van der Waals surface area contributed by atoms with Crippen LogP contribution in [0.25, 0.3) is 0 Å². The zero-order chi connectivity index (χ0) is 23.3. The molecule has 0 aliphatic carbocycles. The van der Waals surface area contributed by atoms with Crippen molar-refractivity contribution in [3.63, 3.8) is 0 Å². The number of amides is 3. The average molecular weight is 447 g/mol. The minimum absolute atomic E-state index is 0.0652. The number of rotatable bonds is 6. The van der Waals surface area contributed by atoms with Gasteiger partial charge in [0, 0.05) is 43.0 Å². The average Bonchev–Trinajstić information content (AvgIpc) is 2.77. The highest BCUT2D eigenvalue weighted by Gasteiger charge is 2.41. The lowest BCUT2D eigenvalue weighted by atomic mass is 10.1. The van der Waals surface area contributed by atoms with Crippen LogP contribution in [-0.4, -0.2) is 41.9 Å². The second-order valence-electron chi connectivity index (χ2n) is 7.52. The number of alkyl halides is 3. The summed E-state index contributed by atoms with van der Waals surface area (Å²) in [6, 6.07) is 13.0. The topological polar surface area (TPSA) is 69.7 Å². The zero-order valence-corrected chi connectivity index (χ0v) is 17.6. The lowest BCUT2D eigenvalue weighted by molar-refractivity contribution is -0.185. The number of nitrogens with one attached hydrogen (secondary N) is 1. The third-order valence-electron chi connectivity index (χ3n) is 5.23. The molecular formula is C23H24F3N3O3. The molecule has 0 unspecified atom stereocenters. The molecular weight excluding hydrogens is 423 g/mol. The van der Waals surface area contributed by atoms with Gasteiger partial charge in [-0.2, -0.15) is 13.2 Å². The molecule has 2 aromatic rings. The molecule has 3 rings (SSSR count). The molecule has 1 fully saturated rings. The van der Waals surface area contributed by atoms with Crippen LogP contribution in [0.15, 0.2) is 48.5 Å². The quantitative estimate of drug-likeness (QED) is 0.715. The number of hydrogen-bond acceptors (Lipinski definition) is 3. The summed E-state index contributed by atoms with van der Waals surface area (Å²) in [6.07, 6.45) is -2.60. The van der Waals surface area contributed by atoms with E-state index < -0.39 is 18.0 Å². The van der Waals surface area contributed by atoms with E-state index in [9.17, 15) is 27.6 Å². The number of nitrogens with zero attached hydrogens (tertiary/aromatic N) is 2. The van der Waals surface area contributed by atoms with Gasteiger partial charge in [-0.1, -0.05) is 12.1 Å². The van der Waals surface area contributed by atoms with Crippen LogP contribution in [0, 0.1) is 0 Å². The molecule has 170 valence electrons. The van der Waals surface area contributed by atoms with Gasteiger partial charge in [-0.25, -0.2) is 0 Å². The van der Waals surface area contributed by atoms with Gasteiger partial charge in [0.2, 0.25) is 5.91 Å². The summed E-state index contributed by atoms with van der Waals surface area (Å²) in [4.78, 5) is 38.5.